The van der Waals surface area contributed by atoms with E-state index in [0.29, 0.717) is 28.1 Å². The number of nitrogens with two attached hydrogens (primary N) is 1. The molecule has 0 aromatic heterocycles. The summed E-state index contributed by atoms with van der Waals surface area (Å²) in [5.41, 5.74) is 6.00. The summed E-state index contributed by atoms with van der Waals surface area (Å²) in [6.45, 7) is 2.21. The molecule has 100 valence electrons. The normalized spacial score (nSPS) is 10.2. The highest BCUT2D eigenvalue weighted by atomic mass is 35.5. The molecule has 0 aliphatic rings. The van der Waals surface area contributed by atoms with Gasteiger partial charge < -0.3 is 15.2 Å². The van der Waals surface area contributed by atoms with Crippen LogP contribution in [-0.2, 0) is 9.53 Å². The van der Waals surface area contributed by atoms with Gasteiger partial charge in [-0.2, -0.15) is 0 Å². The van der Waals surface area contributed by atoms with Gasteiger partial charge in [-0.3, -0.25) is 0 Å². The lowest BCUT2D eigenvalue weighted by Crippen LogP contribution is -2.16. The van der Waals surface area contributed by atoms with Gasteiger partial charge in [-0.1, -0.05) is 36.5 Å². The first-order valence-electron chi connectivity index (χ1n) is 5.57. The smallest absolute Gasteiger partial charge is 0.344 e. The molecule has 0 aliphatic carbocycles. The Hall–Kier alpha value is -1.13. The molecule has 0 amide bonds. The number of rotatable bonds is 6. The lowest BCUT2D eigenvalue weighted by atomic mass is 10.3. The van der Waals surface area contributed by atoms with E-state index in [-0.39, 0.29) is 6.61 Å². The highest BCUT2D eigenvalue weighted by Crippen LogP contribution is 2.32. The van der Waals surface area contributed by atoms with Gasteiger partial charge in [0.15, 0.2) is 6.61 Å². The fraction of sp³-hybridized carbons (Fsp3) is 0.417. The van der Waals surface area contributed by atoms with Crippen LogP contribution in [0.5, 0.6) is 5.75 Å². The van der Waals surface area contributed by atoms with E-state index in [1.54, 1.807) is 0 Å². The molecule has 0 spiro atoms. The van der Waals surface area contributed by atoms with Crippen LogP contribution in [-0.4, -0.2) is 19.2 Å². The summed E-state index contributed by atoms with van der Waals surface area (Å²) in [5, 5.41) is 0.659. The van der Waals surface area contributed by atoms with Crippen LogP contribution >= 0.6 is 23.2 Å². The average molecular weight is 292 g/mol. The molecular formula is C12H15Cl2NO3. The minimum Gasteiger partial charge on any atom is -0.480 e. The highest BCUT2D eigenvalue weighted by molar-refractivity contribution is 6.42. The molecule has 18 heavy (non-hydrogen) atoms. The van der Waals surface area contributed by atoms with E-state index in [1.165, 1.54) is 12.1 Å². The van der Waals surface area contributed by atoms with Crippen LogP contribution in [0.1, 0.15) is 19.8 Å². The van der Waals surface area contributed by atoms with Gasteiger partial charge >= 0.3 is 5.97 Å². The van der Waals surface area contributed by atoms with Crippen molar-refractivity contribution in [3.63, 3.8) is 0 Å². The van der Waals surface area contributed by atoms with Gasteiger partial charge in [-0.25, -0.2) is 4.79 Å². The molecule has 4 nitrogen and oxygen atoms in total. The molecule has 0 saturated carbocycles. The summed E-state index contributed by atoms with van der Waals surface area (Å²) in [6.07, 6.45) is 1.80. The molecule has 1 rings (SSSR count). The maximum atomic E-state index is 11.3. The number of hydrogen-bond donors (Lipinski definition) is 1. The molecule has 0 radical (unpaired) electrons. The maximum absolute atomic E-state index is 11.3. The van der Waals surface area contributed by atoms with Crippen LogP contribution in [0.2, 0.25) is 10.0 Å². The average Bonchev–Trinajstić information content (AvgIpc) is 2.32. The number of hydrogen-bond acceptors (Lipinski definition) is 4. The van der Waals surface area contributed by atoms with Gasteiger partial charge in [-0.15, -0.1) is 0 Å². The van der Waals surface area contributed by atoms with Gasteiger partial charge in [0, 0.05) is 6.07 Å². The summed E-state index contributed by atoms with van der Waals surface area (Å²) in [7, 11) is 0. The van der Waals surface area contributed by atoms with Crippen LogP contribution < -0.4 is 10.5 Å². The molecular weight excluding hydrogens is 277 g/mol. The van der Waals surface area contributed by atoms with Gasteiger partial charge in [-0.05, 0) is 12.5 Å². The number of ether oxygens (including phenoxy) is 2. The van der Waals surface area contributed by atoms with Crippen molar-refractivity contribution in [2.45, 2.75) is 19.8 Å². The Kier molecular flexibility index (Phi) is 6.09. The monoisotopic (exact) mass is 291 g/mol. The zero-order valence-electron chi connectivity index (χ0n) is 10.0. The molecule has 0 saturated heterocycles. The Morgan fingerprint density at radius 2 is 2.00 bits per heavy atom. The third-order valence-electron chi connectivity index (χ3n) is 2.16. The van der Waals surface area contributed by atoms with Crippen LogP contribution in [0.3, 0.4) is 0 Å². The van der Waals surface area contributed by atoms with Crippen molar-refractivity contribution in [1.29, 1.82) is 0 Å². The van der Waals surface area contributed by atoms with E-state index in [1.807, 2.05) is 6.92 Å². The molecule has 0 unspecified atom stereocenters. The summed E-state index contributed by atoms with van der Waals surface area (Å²) in [5.74, 6) is -0.120. The van der Waals surface area contributed by atoms with E-state index in [4.69, 9.17) is 38.4 Å². The number of esters is 1. The highest BCUT2D eigenvalue weighted by Gasteiger charge is 2.09. The molecule has 2 N–H and O–H groups in total. The summed E-state index contributed by atoms with van der Waals surface area (Å²) >= 11 is 11.6. The standard InChI is InChI=1S/C12H15Cl2NO3/c1-2-3-4-17-12(16)7-18-11-6-9(14)8(13)5-10(11)15/h5-6H,2-4,7,15H2,1H3. The van der Waals surface area contributed by atoms with E-state index in [9.17, 15) is 4.79 Å². The minimum absolute atomic E-state index is 0.203. The number of carbonyl (C=O) groups is 1. The van der Waals surface area contributed by atoms with Crippen molar-refractivity contribution in [2.75, 3.05) is 18.9 Å². The number of benzene rings is 1. The minimum atomic E-state index is -0.436. The largest absolute Gasteiger partial charge is 0.480 e. The number of halogens is 2. The first kappa shape index (κ1) is 14.9. The predicted molar refractivity (Wildman–Crippen MR) is 72.2 cm³/mol. The maximum Gasteiger partial charge on any atom is 0.344 e. The SMILES string of the molecule is CCCCOC(=O)COc1cc(Cl)c(Cl)cc1N. The summed E-state index contributed by atoms with van der Waals surface area (Å²) in [6, 6.07) is 2.94. The molecule has 0 aliphatic heterocycles. The lowest BCUT2D eigenvalue weighted by molar-refractivity contribution is -0.146. The topological polar surface area (TPSA) is 61.5 Å². The van der Waals surface area contributed by atoms with Crippen molar-refractivity contribution in [3.05, 3.63) is 22.2 Å². The Morgan fingerprint density at radius 1 is 1.33 bits per heavy atom. The fourth-order valence-corrected chi connectivity index (χ4v) is 1.50. The Bertz CT molecular complexity index is 424. The van der Waals surface area contributed by atoms with Crippen molar-refractivity contribution >= 4 is 34.9 Å². The molecule has 6 heteroatoms. The van der Waals surface area contributed by atoms with Gasteiger partial charge in [0.2, 0.25) is 0 Å². The van der Waals surface area contributed by atoms with Gasteiger partial charge in [0.05, 0.1) is 22.3 Å². The molecule has 0 fully saturated rings. The summed E-state index contributed by atoms with van der Waals surface area (Å²) < 4.78 is 10.2. The number of carbonyl (C=O) groups excluding carboxylic acids is 1. The summed E-state index contributed by atoms with van der Waals surface area (Å²) in [4.78, 5) is 11.3. The van der Waals surface area contributed by atoms with Gasteiger partial charge in [0.25, 0.3) is 0 Å². The van der Waals surface area contributed by atoms with Crippen molar-refractivity contribution in [1.82, 2.24) is 0 Å². The number of nitrogen functional groups attached to an aromatic ring is 1. The molecule has 0 bridgehead atoms. The lowest BCUT2D eigenvalue weighted by Gasteiger charge is -2.09. The van der Waals surface area contributed by atoms with Crippen molar-refractivity contribution in [3.8, 4) is 5.75 Å². The molecule has 0 heterocycles. The number of anilines is 1. The van der Waals surface area contributed by atoms with Crippen LogP contribution in [0.25, 0.3) is 0 Å². The van der Waals surface area contributed by atoms with E-state index < -0.39 is 5.97 Å². The predicted octanol–water partition coefficient (Wildman–Crippen LogP) is 3.30. The zero-order chi connectivity index (χ0) is 13.5. The van der Waals surface area contributed by atoms with E-state index in [0.717, 1.165) is 12.8 Å². The molecule has 0 atom stereocenters. The first-order chi connectivity index (χ1) is 8.54. The van der Waals surface area contributed by atoms with Crippen molar-refractivity contribution in [2.24, 2.45) is 0 Å². The molecule has 1 aromatic rings. The Labute approximate surface area is 116 Å². The second kappa shape index (κ2) is 7.34. The Morgan fingerprint density at radius 3 is 2.67 bits per heavy atom. The molecule has 1 aromatic carbocycles. The van der Waals surface area contributed by atoms with E-state index in [2.05, 4.69) is 0 Å². The van der Waals surface area contributed by atoms with Crippen LogP contribution in [0.4, 0.5) is 5.69 Å². The number of unbranched alkanes of at least 4 members (excludes halogenated alkanes) is 1. The van der Waals surface area contributed by atoms with Crippen LogP contribution in [0, 0.1) is 0 Å². The zero-order valence-corrected chi connectivity index (χ0v) is 11.6. The second-order valence-electron chi connectivity index (χ2n) is 3.67. The van der Waals surface area contributed by atoms with Crippen LogP contribution in [0.15, 0.2) is 12.1 Å². The third kappa shape index (κ3) is 4.63. The van der Waals surface area contributed by atoms with Gasteiger partial charge in [0.1, 0.15) is 5.75 Å². The van der Waals surface area contributed by atoms with E-state index >= 15 is 0 Å². The second-order valence-corrected chi connectivity index (χ2v) is 4.48. The third-order valence-corrected chi connectivity index (χ3v) is 2.88. The van der Waals surface area contributed by atoms with Crippen molar-refractivity contribution < 1.29 is 14.3 Å². The quantitative estimate of drug-likeness (QED) is 0.496. The Balaban J connectivity index is 2.48. The fourth-order valence-electron chi connectivity index (χ4n) is 1.18. The first-order valence-corrected chi connectivity index (χ1v) is 6.33.